The molecule has 164 valence electrons. The van der Waals surface area contributed by atoms with Crippen LogP contribution in [0.15, 0.2) is 12.1 Å². The fourth-order valence-corrected chi connectivity index (χ4v) is 4.57. The fourth-order valence-electron chi connectivity index (χ4n) is 3.74. The number of thiophene rings is 1. The number of rotatable bonds is 7. The standard InChI is InChI=1S/C21H32N6O2S/c1-14(2)12-16(22-19(28)13-25(4)5)20-24-23-18-8-9-26(10-11-27(18)20)21(29)17-7-6-15(3)30-17/h6-7,14,16H,8-13H2,1-5H3,(H,22,28)/t16-/m1/s1. The number of aryl methyl sites for hydroxylation is 1. The van der Waals surface area contributed by atoms with E-state index in [4.69, 9.17) is 0 Å². The zero-order chi connectivity index (χ0) is 21.8. The van der Waals surface area contributed by atoms with Gasteiger partial charge in [-0.25, -0.2) is 0 Å². The number of fused-ring (bicyclic) bond motifs is 1. The summed E-state index contributed by atoms with van der Waals surface area (Å²) in [6.07, 6.45) is 1.44. The molecule has 2 aromatic heterocycles. The van der Waals surface area contributed by atoms with Crippen LogP contribution in [-0.4, -0.2) is 70.1 Å². The average Bonchev–Trinajstić information content (AvgIpc) is 3.20. The Labute approximate surface area is 182 Å². The third-order valence-electron chi connectivity index (χ3n) is 5.11. The fraction of sp³-hybridized carbons (Fsp3) is 0.619. The summed E-state index contributed by atoms with van der Waals surface area (Å²) in [5.74, 6) is 2.10. The van der Waals surface area contributed by atoms with Crippen LogP contribution in [0.3, 0.4) is 0 Å². The zero-order valence-corrected chi connectivity index (χ0v) is 19.3. The van der Waals surface area contributed by atoms with Crippen molar-refractivity contribution in [3.8, 4) is 0 Å². The highest BCUT2D eigenvalue weighted by atomic mass is 32.1. The van der Waals surface area contributed by atoms with E-state index in [0.29, 0.717) is 38.5 Å². The Bertz CT molecular complexity index is 888. The van der Waals surface area contributed by atoms with Gasteiger partial charge in [-0.15, -0.1) is 21.5 Å². The van der Waals surface area contributed by atoms with Crippen LogP contribution in [0, 0.1) is 12.8 Å². The Balaban J connectivity index is 1.76. The van der Waals surface area contributed by atoms with Gasteiger partial charge >= 0.3 is 0 Å². The number of nitrogens with one attached hydrogen (secondary N) is 1. The molecule has 0 unspecified atom stereocenters. The summed E-state index contributed by atoms with van der Waals surface area (Å²) in [6.45, 7) is 8.47. The summed E-state index contributed by atoms with van der Waals surface area (Å²) in [5.41, 5.74) is 0. The number of hydrogen-bond acceptors (Lipinski definition) is 6. The van der Waals surface area contributed by atoms with Gasteiger partial charge in [0.05, 0.1) is 17.5 Å². The van der Waals surface area contributed by atoms with Gasteiger partial charge in [-0.1, -0.05) is 13.8 Å². The van der Waals surface area contributed by atoms with Crippen molar-refractivity contribution in [1.82, 2.24) is 29.9 Å². The number of carbonyl (C=O) groups excluding carboxylic acids is 2. The Kier molecular flexibility index (Phi) is 7.25. The zero-order valence-electron chi connectivity index (χ0n) is 18.5. The number of amides is 2. The minimum absolute atomic E-state index is 0.0264. The number of carbonyl (C=O) groups is 2. The average molecular weight is 433 g/mol. The quantitative estimate of drug-likeness (QED) is 0.725. The van der Waals surface area contributed by atoms with E-state index in [9.17, 15) is 9.59 Å². The van der Waals surface area contributed by atoms with Crippen LogP contribution in [0.2, 0.25) is 0 Å². The van der Waals surface area contributed by atoms with Crippen molar-refractivity contribution in [2.75, 3.05) is 33.7 Å². The molecule has 1 N–H and O–H groups in total. The Morgan fingerprint density at radius 2 is 1.97 bits per heavy atom. The molecular weight excluding hydrogens is 400 g/mol. The predicted octanol–water partition coefficient (Wildman–Crippen LogP) is 2.11. The maximum Gasteiger partial charge on any atom is 0.264 e. The van der Waals surface area contributed by atoms with Gasteiger partial charge in [0, 0.05) is 30.9 Å². The highest BCUT2D eigenvalue weighted by Gasteiger charge is 2.27. The number of nitrogens with zero attached hydrogens (tertiary/aromatic N) is 5. The van der Waals surface area contributed by atoms with Crippen molar-refractivity contribution in [3.05, 3.63) is 33.5 Å². The Morgan fingerprint density at radius 1 is 1.20 bits per heavy atom. The second kappa shape index (κ2) is 9.70. The summed E-state index contributed by atoms with van der Waals surface area (Å²) in [5, 5.41) is 12.0. The molecule has 0 spiro atoms. The van der Waals surface area contributed by atoms with Crippen molar-refractivity contribution in [2.45, 2.75) is 46.2 Å². The molecule has 30 heavy (non-hydrogen) atoms. The summed E-state index contributed by atoms with van der Waals surface area (Å²) >= 11 is 1.53. The van der Waals surface area contributed by atoms with Crippen molar-refractivity contribution in [2.24, 2.45) is 5.92 Å². The molecule has 0 radical (unpaired) electrons. The molecule has 9 heteroatoms. The lowest BCUT2D eigenvalue weighted by Crippen LogP contribution is -2.38. The van der Waals surface area contributed by atoms with Crippen molar-refractivity contribution >= 4 is 23.2 Å². The summed E-state index contributed by atoms with van der Waals surface area (Å²) < 4.78 is 2.09. The van der Waals surface area contributed by atoms with Gasteiger partial charge < -0.3 is 19.7 Å². The first-order chi connectivity index (χ1) is 14.2. The van der Waals surface area contributed by atoms with Crippen LogP contribution in [0.4, 0.5) is 0 Å². The SMILES string of the molecule is Cc1ccc(C(=O)N2CCc3nnc([C@@H](CC(C)C)NC(=O)CN(C)C)n3CC2)s1. The van der Waals surface area contributed by atoms with E-state index in [1.807, 2.05) is 43.0 Å². The first kappa shape index (κ1) is 22.4. The number of hydrogen-bond donors (Lipinski definition) is 1. The lowest BCUT2D eigenvalue weighted by molar-refractivity contribution is -0.122. The minimum Gasteiger partial charge on any atom is -0.345 e. The van der Waals surface area contributed by atoms with Gasteiger partial charge in [-0.2, -0.15) is 0 Å². The van der Waals surface area contributed by atoms with Gasteiger partial charge in [0.25, 0.3) is 5.91 Å². The van der Waals surface area contributed by atoms with E-state index in [-0.39, 0.29) is 17.9 Å². The monoisotopic (exact) mass is 432 g/mol. The maximum absolute atomic E-state index is 12.9. The molecule has 2 amide bonds. The molecule has 2 aromatic rings. The smallest absolute Gasteiger partial charge is 0.264 e. The van der Waals surface area contributed by atoms with E-state index in [1.165, 1.54) is 11.3 Å². The van der Waals surface area contributed by atoms with Crippen LogP contribution in [0.5, 0.6) is 0 Å². The number of aromatic nitrogens is 3. The Hall–Kier alpha value is -2.26. The molecule has 1 aliphatic heterocycles. The van der Waals surface area contributed by atoms with Gasteiger partial charge in [0.15, 0.2) is 5.82 Å². The molecule has 3 rings (SSSR count). The molecule has 0 aliphatic carbocycles. The second-order valence-corrected chi connectivity index (χ2v) is 9.85. The number of likely N-dealkylation sites (N-methyl/N-ethyl adjacent to an activating group) is 1. The third-order valence-corrected chi connectivity index (χ3v) is 6.10. The minimum atomic E-state index is -0.194. The molecule has 0 bridgehead atoms. The van der Waals surface area contributed by atoms with Crippen molar-refractivity contribution < 1.29 is 9.59 Å². The van der Waals surface area contributed by atoms with Crippen molar-refractivity contribution in [3.63, 3.8) is 0 Å². The molecule has 0 fully saturated rings. The maximum atomic E-state index is 12.9. The molecule has 3 heterocycles. The molecule has 8 nitrogen and oxygen atoms in total. The van der Waals surface area contributed by atoms with Crippen LogP contribution < -0.4 is 5.32 Å². The topological polar surface area (TPSA) is 83.4 Å². The molecule has 0 saturated carbocycles. The predicted molar refractivity (Wildman–Crippen MR) is 118 cm³/mol. The van der Waals surface area contributed by atoms with Gasteiger partial charge in [-0.05, 0) is 45.5 Å². The van der Waals surface area contributed by atoms with Gasteiger partial charge in [0.1, 0.15) is 5.82 Å². The molecule has 0 aromatic carbocycles. The molecular formula is C21H32N6O2S. The Morgan fingerprint density at radius 3 is 2.60 bits per heavy atom. The van der Waals surface area contributed by atoms with Crippen molar-refractivity contribution in [1.29, 1.82) is 0 Å². The van der Waals surface area contributed by atoms with Crippen LogP contribution in [0.1, 0.15) is 52.5 Å². The van der Waals surface area contributed by atoms with Gasteiger partial charge in [0.2, 0.25) is 5.91 Å². The first-order valence-corrected chi connectivity index (χ1v) is 11.3. The third kappa shape index (κ3) is 5.46. The molecule has 1 atom stereocenters. The lowest BCUT2D eigenvalue weighted by atomic mass is 10.0. The second-order valence-electron chi connectivity index (χ2n) is 8.57. The summed E-state index contributed by atoms with van der Waals surface area (Å²) in [6, 6.07) is 3.69. The highest BCUT2D eigenvalue weighted by Crippen LogP contribution is 2.23. The normalized spacial score (nSPS) is 15.2. The van der Waals surface area contributed by atoms with Crippen LogP contribution >= 0.6 is 11.3 Å². The van der Waals surface area contributed by atoms with E-state index in [2.05, 4.69) is 33.9 Å². The largest absolute Gasteiger partial charge is 0.345 e. The van der Waals surface area contributed by atoms with E-state index in [0.717, 1.165) is 27.8 Å². The van der Waals surface area contributed by atoms with Gasteiger partial charge in [-0.3, -0.25) is 9.59 Å². The summed E-state index contributed by atoms with van der Waals surface area (Å²) in [7, 11) is 3.75. The highest BCUT2D eigenvalue weighted by molar-refractivity contribution is 7.13. The first-order valence-electron chi connectivity index (χ1n) is 10.5. The van der Waals surface area contributed by atoms with Crippen LogP contribution in [-0.2, 0) is 17.8 Å². The van der Waals surface area contributed by atoms with Crippen LogP contribution in [0.25, 0.3) is 0 Å². The molecule has 1 aliphatic rings. The lowest BCUT2D eigenvalue weighted by Gasteiger charge is -2.23. The molecule has 0 saturated heterocycles. The van der Waals surface area contributed by atoms with E-state index >= 15 is 0 Å². The van der Waals surface area contributed by atoms with E-state index in [1.54, 1.807) is 0 Å². The van der Waals surface area contributed by atoms with E-state index < -0.39 is 0 Å². The summed E-state index contributed by atoms with van der Waals surface area (Å²) in [4.78, 5) is 31.0.